The van der Waals surface area contributed by atoms with Gasteiger partial charge in [-0.2, -0.15) is 0 Å². The van der Waals surface area contributed by atoms with Crippen LogP contribution in [0.5, 0.6) is 0 Å². The zero-order chi connectivity index (χ0) is 16.0. The summed E-state index contributed by atoms with van der Waals surface area (Å²) >= 11 is 2.95. The maximum atomic E-state index is 11.9. The van der Waals surface area contributed by atoms with Gasteiger partial charge in [-0.15, -0.1) is 0 Å². The molecule has 9 nitrogen and oxygen atoms in total. The van der Waals surface area contributed by atoms with E-state index in [1.54, 1.807) is 0 Å². The molecule has 1 aromatic heterocycles. The van der Waals surface area contributed by atoms with Crippen molar-refractivity contribution in [3.63, 3.8) is 0 Å². The van der Waals surface area contributed by atoms with Crippen LogP contribution in [0.2, 0.25) is 0 Å². The van der Waals surface area contributed by atoms with Gasteiger partial charge in [-0.3, -0.25) is 19.1 Å². The highest BCUT2D eigenvalue weighted by molar-refractivity contribution is 9.09. The van der Waals surface area contributed by atoms with Crippen molar-refractivity contribution in [3.8, 4) is 0 Å². The molecule has 0 amide bonds. The van der Waals surface area contributed by atoms with Crippen molar-refractivity contribution in [2.75, 3.05) is 6.61 Å². The van der Waals surface area contributed by atoms with E-state index in [4.69, 9.17) is 9.84 Å². The minimum Gasteiger partial charge on any atom is -0.394 e. The van der Waals surface area contributed by atoms with Crippen LogP contribution < -0.4 is 11.2 Å². The lowest BCUT2D eigenvalue weighted by Crippen LogP contribution is -2.61. The Morgan fingerprint density at radius 2 is 2.19 bits per heavy atom. The van der Waals surface area contributed by atoms with Crippen molar-refractivity contribution < 1.29 is 24.9 Å². The summed E-state index contributed by atoms with van der Waals surface area (Å²) in [7, 11) is 0. The number of rotatable bonds is 3. The Bertz CT molecular complexity index is 686. The van der Waals surface area contributed by atoms with Crippen molar-refractivity contribution in [2.24, 2.45) is 0 Å². The van der Waals surface area contributed by atoms with E-state index in [9.17, 15) is 24.6 Å². The molecule has 4 atom stereocenters. The third kappa shape index (κ3) is 2.10. The number of carbonyl (C=O) groups is 1. The first-order valence-corrected chi connectivity index (χ1v) is 6.69. The zero-order valence-corrected chi connectivity index (χ0v) is 12.4. The number of aliphatic hydroxyl groups excluding tert-OH is 2. The Labute approximate surface area is 125 Å². The van der Waals surface area contributed by atoms with E-state index in [0.717, 1.165) is 19.2 Å². The van der Waals surface area contributed by atoms with E-state index >= 15 is 0 Å². The molecule has 0 aromatic carbocycles. The van der Waals surface area contributed by atoms with Crippen molar-refractivity contribution in [3.05, 3.63) is 33.1 Å². The summed E-state index contributed by atoms with van der Waals surface area (Å²) in [5, 5.41) is 29.8. The molecule has 1 aromatic rings. The van der Waals surface area contributed by atoms with Crippen LogP contribution >= 0.6 is 15.9 Å². The Kier molecular flexibility index (Phi) is 3.93. The van der Waals surface area contributed by atoms with Crippen LogP contribution in [0.1, 0.15) is 6.92 Å². The number of aliphatic hydroxyl groups is 3. The van der Waals surface area contributed by atoms with E-state index in [0.29, 0.717) is 4.57 Å². The van der Waals surface area contributed by atoms with Gasteiger partial charge >= 0.3 is 5.69 Å². The molecule has 2 heterocycles. The van der Waals surface area contributed by atoms with Gasteiger partial charge in [0.25, 0.3) is 5.56 Å². The fourth-order valence-corrected chi connectivity index (χ4v) is 3.29. The van der Waals surface area contributed by atoms with E-state index in [2.05, 4.69) is 15.9 Å². The van der Waals surface area contributed by atoms with Crippen LogP contribution in [0.15, 0.2) is 21.9 Å². The number of nitrogens with zero attached hydrogens (tertiary/aromatic N) is 1. The molecule has 1 fully saturated rings. The van der Waals surface area contributed by atoms with Crippen LogP contribution in [0.3, 0.4) is 0 Å². The molecule has 0 saturated carbocycles. The number of nitrogens with one attached hydrogen (secondary N) is 1. The molecule has 0 spiro atoms. The van der Waals surface area contributed by atoms with E-state index < -0.39 is 46.1 Å². The third-order valence-corrected chi connectivity index (χ3v) is 4.58. The van der Waals surface area contributed by atoms with Gasteiger partial charge in [-0.25, -0.2) is 4.79 Å². The number of alkyl halides is 1. The highest BCUT2D eigenvalue weighted by Crippen LogP contribution is 2.47. The monoisotopic (exact) mass is 364 g/mol. The summed E-state index contributed by atoms with van der Waals surface area (Å²) in [6.07, 6.45) is -2.09. The molecule has 1 aliphatic rings. The average molecular weight is 365 g/mol. The minimum atomic E-state index is -2.54. The molecular weight excluding hydrogens is 352 g/mol. The molecule has 4 N–H and O–H groups in total. The standard InChI is InChI=1S/C11H13BrN2O7/c1-5(16)10(20)8(18)6(4-15)21-11(10,12)14-3-2-7(17)13-9(14)19/h2-3,6,8,15,18,20H,4H2,1H3,(H,13,17,19)/t6-,8-,10-,11+/m1/s1. The molecule has 2 rings (SSSR count). The molecule has 0 radical (unpaired) electrons. The van der Waals surface area contributed by atoms with Gasteiger partial charge in [0, 0.05) is 12.3 Å². The summed E-state index contributed by atoms with van der Waals surface area (Å²) in [4.78, 5) is 36.7. The second-order valence-electron chi connectivity index (χ2n) is 4.65. The van der Waals surface area contributed by atoms with Gasteiger partial charge in [0.2, 0.25) is 10.2 Å². The summed E-state index contributed by atoms with van der Waals surface area (Å²) < 4.78 is 3.83. The van der Waals surface area contributed by atoms with Gasteiger partial charge < -0.3 is 20.1 Å². The first kappa shape index (κ1) is 16.0. The van der Waals surface area contributed by atoms with Crippen molar-refractivity contribution in [1.82, 2.24) is 9.55 Å². The maximum Gasteiger partial charge on any atom is 0.331 e. The quantitative estimate of drug-likeness (QED) is 0.438. The molecule has 116 valence electrons. The topological polar surface area (TPSA) is 142 Å². The largest absolute Gasteiger partial charge is 0.394 e. The smallest absolute Gasteiger partial charge is 0.331 e. The SMILES string of the molecule is CC(=O)[C@@]1(O)[C@H](O)[C@@H](CO)O[C@@]1(Br)n1ccc(=O)[nH]c1=O. The Morgan fingerprint density at radius 1 is 1.57 bits per heavy atom. The first-order valence-electron chi connectivity index (χ1n) is 5.90. The molecule has 0 unspecified atom stereocenters. The van der Waals surface area contributed by atoms with Crippen LogP contribution in [0.4, 0.5) is 0 Å². The molecule has 1 saturated heterocycles. The van der Waals surface area contributed by atoms with Crippen LogP contribution in [-0.4, -0.2) is 55.1 Å². The van der Waals surface area contributed by atoms with Crippen molar-refractivity contribution in [1.29, 1.82) is 0 Å². The van der Waals surface area contributed by atoms with Crippen LogP contribution in [0.25, 0.3) is 0 Å². The van der Waals surface area contributed by atoms with Crippen LogP contribution in [0, 0.1) is 0 Å². The second kappa shape index (κ2) is 5.14. The molecule has 1 aliphatic heterocycles. The van der Waals surface area contributed by atoms with Gasteiger partial charge in [-0.05, 0) is 22.9 Å². The number of aromatic nitrogens is 2. The molecule has 0 aliphatic carbocycles. The highest BCUT2D eigenvalue weighted by Gasteiger charge is 2.68. The zero-order valence-electron chi connectivity index (χ0n) is 10.8. The number of aromatic amines is 1. The number of hydrogen-bond donors (Lipinski definition) is 4. The Morgan fingerprint density at radius 3 is 2.67 bits per heavy atom. The van der Waals surface area contributed by atoms with Gasteiger partial charge in [0.15, 0.2) is 5.78 Å². The van der Waals surface area contributed by atoms with Gasteiger partial charge in [-0.1, -0.05) is 0 Å². The Balaban J connectivity index is 2.70. The second-order valence-corrected chi connectivity index (χ2v) is 5.72. The Hall–Kier alpha value is -1.33. The van der Waals surface area contributed by atoms with E-state index in [1.165, 1.54) is 0 Å². The summed E-state index contributed by atoms with van der Waals surface area (Å²) in [5.74, 6) is -0.888. The van der Waals surface area contributed by atoms with Crippen molar-refractivity contribution >= 4 is 21.7 Å². The highest BCUT2D eigenvalue weighted by atomic mass is 79.9. The van der Waals surface area contributed by atoms with Crippen LogP contribution in [-0.2, 0) is 14.2 Å². The van der Waals surface area contributed by atoms with E-state index in [-0.39, 0.29) is 0 Å². The summed E-state index contributed by atoms with van der Waals surface area (Å²) in [6, 6.07) is 0.979. The molecular formula is C11H13BrN2O7. The van der Waals surface area contributed by atoms with Gasteiger partial charge in [0.05, 0.1) is 6.61 Å². The number of Topliss-reactive ketones (excluding diaryl/α,β-unsaturated/α-hetero) is 1. The maximum absolute atomic E-state index is 11.9. The number of carbonyl (C=O) groups excluding carboxylic acids is 1. The van der Waals surface area contributed by atoms with Gasteiger partial charge in [0.1, 0.15) is 12.2 Å². The average Bonchev–Trinajstić information content (AvgIpc) is 2.61. The summed E-state index contributed by atoms with van der Waals surface area (Å²) in [5.41, 5.74) is -4.19. The normalized spacial score (nSPS) is 35.9. The summed E-state index contributed by atoms with van der Waals surface area (Å²) in [6.45, 7) is 0.307. The fraction of sp³-hybridized carbons (Fsp3) is 0.545. The number of H-pyrrole nitrogens is 1. The lowest BCUT2D eigenvalue weighted by Gasteiger charge is -2.36. The van der Waals surface area contributed by atoms with Crippen molar-refractivity contribution in [2.45, 2.75) is 29.4 Å². The predicted octanol–water partition coefficient (Wildman–Crippen LogP) is -2.39. The van der Waals surface area contributed by atoms with E-state index in [1.807, 2.05) is 4.98 Å². The number of ketones is 1. The number of halogens is 1. The number of ether oxygens (including phenoxy) is 1. The molecule has 0 bridgehead atoms. The fourth-order valence-electron chi connectivity index (χ4n) is 2.25. The predicted molar refractivity (Wildman–Crippen MR) is 71.8 cm³/mol. The first-order chi connectivity index (χ1) is 9.68. The minimum absolute atomic E-state index is 0.684. The number of hydrogen-bond acceptors (Lipinski definition) is 7. The molecule has 10 heteroatoms. The molecule has 21 heavy (non-hydrogen) atoms. The third-order valence-electron chi connectivity index (χ3n) is 3.41. The lowest BCUT2D eigenvalue weighted by atomic mass is 9.90. The lowest BCUT2D eigenvalue weighted by molar-refractivity contribution is -0.163.